The van der Waals surface area contributed by atoms with Crippen molar-refractivity contribution in [3.8, 4) is 17.2 Å². The number of benzene rings is 3. The number of hydrogen-bond donors (Lipinski definition) is 3. The molecule has 3 aromatic carbocycles. The normalized spacial score (nSPS) is 16.2. The first-order valence-electron chi connectivity index (χ1n) is 9.08. The summed E-state index contributed by atoms with van der Waals surface area (Å²) in [6.07, 6.45) is 0. The second kappa shape index (κ2) is 7.79. The smallest absolute Gasteiger partial charge is 0.198 e. The minimum atomic E-state index is -0.453. The Balaban J connectivity index is 2.03. The molecule has 0 aromatic heterocycles. The van der Waals surface area contributed by atoms with Gasteiger partial charge in [0.05, 0.1) is 24.3 Å². The number of methoxy groups -OCH3 is 2. The lowest BCUT2D eigenvalue weighted by molar-refractivity contribution is 0.317. The highest BCUT2D eigenvalue weighted by Crippen LogP contribution is 2.48. The summed E-state index contributed by atoms with van der Waals surface area (Å²) in [7, 11) is 3.13. The molecule has 0 spiro atoms. The van der Waals surface area contributed by atoms with Crippen LogP contribution in [0.4, 0.5) is 0 Å². The number of fused-ring (bicyclic) bond motifs is 3. The van der Waals surface area contributed by atoms with E-state index in [4.69, 9.17) is 25.7 Å². The van der Waals surface area contributed by atoms with E-state index in [2.05, 4.69) is 21.1 Å². The zero-order chi connectivity index (χ0) is 21.4. The van der Waals surface area contributed by atoms with Gasteiger partial charge in [-0.25, -0.2) is 0 Å². The average Bonchev–Trinajstić information content (AvgIpc) is 2.76. The Morgan fingerprint density at radius 1 is 1.13 bits per heavy atom. The summed E-state index contributed by atoms with van der Waals surface area (Å²) in [5.74, 6) is 1.23. The fraction of sp³-hybridized carbons (Fsp3) is 0.136. The van der Waals surface area contributed by atoms with E-state index in [1.807, 2.05) is 48.5 Å². The summed E-state index contributed by atoms with van der Waals surface area (Å²) in [6, 6.07) is 15.6. The van der Waals surface area contributed by atoms with Gasteiger partial charge in [0.1, 0.15) is 5.75 Å². The number of nitrogens with zero attached hydrogens (tertiary/aromatic N) is 1. The maximum Gasteiger partial charge on any atom is 0.198 e. The van der Waals surface area contributed by atoms with E-state index in [9.17, 15) is 5.21 Å². The molecule has 154 valence electrons. The lowest BCUT2D eigenvalue weighted by Crippen LogP contribution is -2.30. The Morgan fingerprint density at radius 3 is 2.60 bits per heavy atom. The predicted octanol–water partition coefficient (Wildman–Crippen LogP) is 4.06. The molecule has 3 aromatic rings. The van der Waals surface area contributed by atoms with E-state index in [1.165, 1.54) is 0 Å². The third kappa shape index (κ3) is 3.09. The molecule has 0 aliphatic carbocycles. The average molecular weight is 470 g/mol. The second-order valence-corrected chi connectivity index (χ2v) is 7.60. The summed E-state index contributed by atoms with van der Waals surface area (Å²) in [6.45, 7) is 0. The number of hydrogen-bond acceptors (Lipinski definition) is 6. The number of rotatable bonds is 4. The Labute approximate surface area is 181 Å². The van der Waals surface area contributed by atoms with Crippen LogP contribution in [0.2, 0.25) is 0 Å². The van der Waals surface area contributed by atoms with Gasteiger partial charge in [0.25, 0.3) is 0 Å². The third-order valence-corrected chi connectivity index (χ3v) is 5.75. The minimum absolute atomic E-state index is 0.0741. The van der Waals surface area contributed by atoms with Gasteiger partial charge in [-0.15, -0.1) is 0 Å². The van der Waals surface area contributed by atoms with Crippen molar-refractivity contribution >= 4 is 32.5 Å². The fourth-order valence-corrected chi connectivity index (χ4v) is 4.46. The van der Waals surface area contributed by atoms with Gasteiger partial charge < -0.3 is 30.9 Å². The highest BCUT2D eigenvalue weighted by molar-refractivity contribution is 9.10. The van der Waals surface area contributed by atoms with Crippen molar-refractivity contribution in [3.05, 3.63) is 75.6 Å². The summed E-state index contributed by atoms with van der Waals surface area (Å²) < 4.78 is 17.6. The van der Waals surface area contributed by atoms with Gasteiger partial charge in [0.15, 0.2) is 23.2 Å². The number of oxime groups is 1. The standard InChI is InChI=1S/C22H20BrN3O4/c1-28-16-10-12(9-15(23)20(16)29-2)17-14-8-7-11-5-3-4-6-13(11)19(14)30-22(25)18(17)21(24)26-27/h3-10,17,27H,25H2,1-2H3,(H2,24,26). The van der Waals surface area contributed by atoms with Gasteiger partial charge in [-0.3, -0.25) is 0 Å². The van der Waals surface area contributed by atoms with Crippen LogP contribution < -0.4 is 25.7 Å². The molecule has 1 aliphatic heterocycles. The van der Waals surface area contributed by atoms with Crippen molar-refractivity contribution in [2.75, 3.05) is 14.2 Å². The van der Waals surface area contributed by atoms with Crippen molar-refractivity contribution in [3.63, 3.8) is 0 Å². The summed E-state index contributed by atoms with van der Waals surface area (Å²) in [4.78, 5) is 0. The quantitative estimate of drug-likeness (QED) is 0.230. The molecule has 1 unspecified atom stereocenters. The maximum absolute atomic E-state index is 9.39. The first kappa shape index (κ1) is 19.9. The van der Waals surface area contributed by atoms with Crippen LogP contribution in [0, 0.1) is 0 Å². The molecule has 0 saturated carbocycles. The van der Waals surface area contributed by atoms with Crippen LogP contribution in [0.3, 0.4) is 0 Å². The topological polar surface area (TPSA) is 112 Å². The van der Waals surface area contributed by atoms with Gasteiger partial charge in [-0.05, 0) is 39.0 Å². The van der Waals surface area contributed by atoms with Crippen LogP contribution in [-0.4, -0.2) is 25.3 Å². The molecule has 0 amide bonds. The molecule has 0 radical (unpaired) electrons. The van der Waals surface area contributed by atoms with Crippen molar-refractivity contribution in [1.29, 1.82) is 0 Å². The molecule has 0 fully saturated rings. The molecule has 0 bridgehead atoms. The Hall–Kier alpha value is -3.39. The second-order valence-electron chi connectivity index (χ2n) is 6.74. The molecule has 1 heterocycles. The van der Waals surface area contributed by atoms with Crippen LogP contribution in [0.1, 0.15) is 17.0 Å². The van der Waals surface area contributed by atoms with Gasteiger partial charge >= 0.3 is 0 Å². The predicted molar refractivity (Wildman–Crippen MR) is 118 cm³/mol. The molecule has 8 heteroatoms. The highest BCUT2D eigenvalue weighted by atomic mass is 79.9. The number of amidine groups is 1. The lowest BCUT2D eigenvalue weighted by atomic mass is 9.81. The molecular formula is C22H20BrN3O4. The summed E-state index contributed by atoms with van der Waals surface area (Å²) in [5.41, 5.74) is 14.3. The van der Waals surface area contributed by atoms with Gasteiger partial charge in [-0.1, -0.05) is 41.6 Å². The molecule has 4 rings (SSSR count). The number of halogens is 1. The lowest BCUT2D eigenvalue weighted by Gasteiger charge is -2.30. The van der Waals surface area contributed by atoms with E-state index in [0.29, 0.717) is 27.3 Å². The number of nitrogens with two attached hydrogens (primary N) is 2. The van der Waals surface area contributed by atoms with E-state index >= 15 is 0 Å². The molecule has 7 nitrogen and oxygen atoms in total. The van der Waals surface area contributed by atoms with Crippen LogP contribution >= 0.6 is 15.9 Å². The molecule has 5 N–H and O–H groups in total. The van der Waals surface area contributed by atoms with Crippen LogP contribution in [0.15, 0.2) is 69.6 Å². The fourth-order valence-electron chi connectivity index (χ4n) is 3.84. The van der Waals surface area contributed by atoms with Crippen molar-refractivity contribution in [1.82, 2.24) is 0 Å². The van der Waals surface area contributed by atoms with Crippen LogP contribution in [-0.2, 0) is 0 Å². The highest BCUT2D eigenvalue weighted by Gasteiger charge is 2.34. The van der Waals surface area contributed by atoms with E-state index < -0.39 is 5.92 Å². The Morgan fingerprint density at radius 2 is 1.90 bits per heavy atom. The van der Waals surface area contributed by atoms with Gasteiger partial charge in [-0.2, -0.15) is 0 Å². The maximum atomic E-state index is 9.39. The van der Waals surface area contributed by atoms with Crippen molar-refractivity contribution in [2.45, 2.75) is 5.92 Å². The first-order chi connectivity index (χ1) is 14.5. The largest absolute Gasteiger partial charge is 0.493 e. The third-order valence-electron chi connectivity index (χ3n) is 5.16. The van der Waals surface area contributed by atoms with E-state index in [-0.39, 0.29) is 11.7 Å². The molecule has 1 atom stereocenters. The van der Waals surface area contributed by atoms with Crippen LogP contribution in [0.25, 0.3) is 10.8 Å². The zero-order valence-electron chi connectivity index (χ0n) is 16.3. The monoisotopic (exact) mass is 469 g/mol. The molecule has 0 saturated heterocycles. The SMILES string of the molecule is COc1cc(C2C(/C(N)=N/O)=C(N)Oc3c2ccc2ccccc32)cc(Br)c1OC. The summed E-state index contributed by atoms with van der Waals surface area (Å²) in [5, 5.41) is 14.5. The first-order valence-corrected chi connectivity index (χ1v) is 9.87. The van der Waals surface area contributed by atoms with E-state index in [0.717, 1.165) is 21.9 Å². The summed E-state index contributed by atoms with van der Waals surface area (Å²) >= 11 is 3.54. The Kier molecular flexibility index (Phi) is 5.17. The molecule has 30 heavy (non-hydrogen) atoms. The van der Waals surface area contributed by atoms with Crippen LogP contribution in [0.5, 0.6) is 17.2 Å². The van der Waals surface area contributed by atoms with Gasteiger partial charge in [0.2, 0.25) is 0 Å². The Bertz CT molecular complexity index is 1210. The minimum Gasteiger partial charge on any atom is -0.493 e. The van der Waals surface area contributed by atoms with Crippen molar-refractivity contribution in [2.24, 2.45) is 16.6 Å². The van der Waals surface area contributed by atoms with Crippen molar-refractivity contribution < 1.29 is 19.4 Å². The molecular weight excluding hydrogens is 450 g/mol. The zero-order valence-corrected chi connectivity index (χ0v) is 17.9. The number of ether oxygens (including phenoxy) is 3. The van der Waals surface area contributed by atoms with Gasteiger partial charge in [0, 0.05) is 16.9 Å². The molecule has 1 aliphatic rings. The van der Waals surface area contributed by atoms with E-state index in [1.54, 1.807) is 14.2 Å².